The van der Waals surface area contributed by atoms with Gasteiger partial charge in [-0.15, -0.1) is 5.10 Å². The number of amidine groups is 1. The summed E-state index contributed by atoms with van der Waals surface area (Å²) in [6.07, 6.45) is 1.52. The van der Waals surface area contributed by atoms with E-state index in [1.807, 2.05) is 24.3 Å². The Bertz CT molecular complexity index is 1150. The highest BCUT2D eigenvalue weighted by molar-refractivity contribution is 9.10. The number of thioether (sulfide) groups is 1. The van der Waals surface area contributed by atoms with Crippen LogP contribution in [0.25, 0.3) is 5.70 Å². The monoisotopic (exact) mass is 488 g/mol. The van der Waals surface area contributed by atoms with E-state index in [4.69, 9.17) is 14.8 Å². The average Bonchev–Trinajstić information content (AvgIpc) is 2.73. The van der Waals surface area contributed by atoms with Crippen LogP contribution in [0.15, 0.2) is 51.0 Å². The first kappa shape index (κ1) is 20.7. The third-order valence-electron chi connectivity index (χ3n) is 4.81. The minimum Gasteiger partial charge on any atom is -0.504 e. The molecule has 0 aliphatic carbocycles. The Hall–Kier alpha value is -2.52. The maximum Gasteiger partial charge on any atom is 0.276 e. The fraction of sp³-hybridized carbons (Fsp3) is 0.286. The molecule has 0 radical (unpaired) electrons. The maximum absolute atomic E-state index is 13.1. The fourth-order valence-electron chi connectivity index (χ4n) is 3.31. The van der Waals surface area contributed by atoms with Crippen molar-refractivity contribution in [3.63, 3.8) is 0 Å². The molecule has 9 heteroatoms. The summed E-state index contributed by atoms with van der Waals surface area (Å²) in [5, 5.41) is 21.5. The lowest BCUT2D eigenvalue weighted by Gasteiger charge is -2.34. The predicted octanol–water partition coefficient (Wildman–Crippen LogP) is 2.84. The number of unbranched alkanes of at least 4 members (excludes halogenated alkanes) is 1. The van der Waals surface area contributed by atoms with Crippen LogP contribution in [0.2, 0.25) is 0 Å². The molecule has 7 nitrogen and oxygen atoms in total. The third kappa shape index (κ3) is 3.91. The van der Waals surface area contributed by atoms with Gasteiger partial charge in [0.15, 0.2) is 22.8 Å². The molecule has 0 spiro atoms. The first-order chi connectivity index (χ1) is 14.5. The number of carbonyl (C=O) groups is 1. The molecule has 30 heavy (non-hydrogen) atoms. The van der Waals surface area contributed by atoms with Gasteiger partial charge in [-0.25, -0.2) is 5.01 Å². The summed E-state index contributed by atoms with van der Waals surface area (Å²) in [5.41, 5.74) is 1.14. The van der Waals surface area contributed by atoms with E-state index in [1.54, 1.807) is 17.1 Å². The van der Waals surface area contributed by atoms with Crippen molar-refractivity contribution in [2.75, 3.05) is 12.9 Å². The van der Waals surface area contributed by atoms with Crippen LogP contribution in [0.3, 0.4) is 0 Å². The highest BCUT2D eigenvalue weighted by atomic mass is 79.9. The van der Waals surface area contributed by atoms with Crippen LogP contribution in [0.5, 0.6) is 11.5 Å². The number of hydrazone groups is 1. The number of carbonyl (C=O) groups excluding carboxylic acids is 1. The van der Waals surface area contributed by atoms with Crippen LogP contribution in [-0.4, -0.2) is 34.1 Å². The Kier molecular flexibility index (Phi) is 6.01. The van der Waals surface area contributed by atoms with Gasteiger partial charge in [0.05, 0.1) is 12.5 Å². The second-order valence-electron chi connectivity index (χ2n) is 6.85. The van der Waals surface area contributed by atoms with Gasteiger partial charge >= 0.3 is 0 Å². The van der Waals surface area contributed by atoms with Gasteiger partial charge in [0.1, 0.15) is 5.70 Å². The number of nitrogens with zero attached hydrogens (tertiary/aromatic N) is 3. The second-order valence-corrected chi connectivity index (χ2v) is 8.85. The first-order valence-corrected chi connectivity index (χ1v) is 11.4. The number of benzene rings is 2. The van der Waals surface area contributed by atoms with Gasteiger partial charge < -0.3 is 9.84 Å². The molecule has 0 fully saturated rings. The number of aromatic hydroxyl groups is 1. The highest BCUT2D eigenvalue weighted by Gasteiger charge is 2.34. The lowest BCUT2D eigenvalue weighted by molar-refractivity contribution is -0.116. The summed E-state index contributed by atoms with van der Waals surface area (Å²) in [4.78, 5) is 17.9. The minimum atomic E-state index is -0.585. The largest absolute Gasteiger partial charge is 0.504 e. The van der Waals surface area contributed by atoms with Crippen LogP contribution < -0.4 is 20.6 Å². The zero-order chi connectivity index (χ0) is 21.3. The predicted molar refractivity (Wildman–Crippen MR) is 121 cm³/mol. The molecule has 2 aliphatic heterocycles. The Morgan fingerprint density at radius 2 is 2.13 bits per heavy atom. The van der Waals surface area contributed by atoms with E-state index in [0.29, 0.717) is 32.8 Å². The van der Waals surface area contributed by atoms with Crippen molar-refractivity contribution in [1.82, 2.24) is 10.3 Å². The van der Waals surface area contributed by atoms with Gasteiger partial charge in [-0.05, 0) is 36.8 Å². The van der Waals surface area contributed by atoms with Crippen molar-refractivity contribution in [2.24, 2.45) is 10.1 Å². The molecule has 156 valence electrons. The summed E-state index contributed by atoms with van der Waals surface area (Å²) in [6.45, 7) is 2.12. The standard InChI is InChI=1S/C21H21BrN4O3S/c1-3-4-9-30-21-24-20(28)18-14-11-13(22)6-7-15(14)23-19(26(18)25-21)12-5-8-17(29-2)16(27)10-12/h5-8,10-11,19,27H,3-4,9H2,1-2H3,(H,24,25,28). The zero-order valence-corrected chi connectivity index (χ0v) is 19.0. The molecule has 2 aromatic carbocycles. The molecule has 0 saturated heterocycles. The van der Waals surface area contributed by atoms with Crippen LogP contribution in [0.1, 0.15) is 31.5 Å². The topological polar surface area (TPSA) is 86.5 Å². The molecule has 2 aromatic rings. The summed E-state index contributed by atoms with van der Waals surface area (Å²) in [7, 11) is 1.50. The summed E-state index contributed by atoms with van der Waals surface area (Å²) in [6, 6.07) is 10.7. The summed E-state index contributed by atoms with van der Waals surface area (Å²) < 4.78 is 6.00. The molecule has 2 heterocycles. The number of rotatable bonds is 5. The quantitative estimate of drug-likeness (QED) is 0.631. The average molecular weight is 489 g/mol. The number of ether oxygens (including phenoxy) is 1. The van der Waals surface area contributed by atoms with Crippen LogP contribution in [0.4, 0.5) is 0 Å². The number of hydrogen-bond donors (Lipinski definition) is 2. The normalized spacial score (nSPS) is 17.5. The smallest absolute Gasteiger partial charge is 0.276 e. The molecule has 0 aromatic heterocycles. The van der Waals surface area contributed by atoms with Crippen molar-refractivity contribution in [2.45, 2.75) is 25.9 Å². The molecule has 0 saturated carbocycles. The van der Waals surface area contributed by atoms with E-state index < -0.39 is 6.17 Å². The number of fused-ring (bicyclic) bond motifs is 2. The lowest BCUT2D eigenvalue weighted by atomic mass is 10.1. The molecule has 1 atom stereocenters. The highest BCUT2D eigenvalue weighted by Crippen LogP contribution is 2.35. The summed E-state index contributed by atoms with van der Waals surface area (Å²) in [5.74, 6) is 1.03. The van der Waals surface area contributed by atoms with Crippen LogP contribution in [-0.2, 0) is 4.79 Å². The van der Waals surface area contributed by atoms with Gasteiger partial charge in [0.25, 0.3) is 5.91 Å². The molecule has 1 amide bonds. The molecular weight excluding hydrogens is 468 g/mol. The summed E-state index contributed by atoms with van der Waals surface area (Å²) >= 11 is 4.99. The van der Waals surface area contributed by atoms with E-state index >= 15 is 0 Å². The number of nitrogens with one attached hydrogen (secondary N) is 1. The number of methoxy groups -OCH3 is 1. The van der Waals surface area contributed by atoms with Crippen LogP contribution >= 0.6 is 27.7 Å². The molecule has 4 rings (SSSR count). The number of halogens is 1. The Balaban J connectivity index is 1.86. The van der Waals surface area contributed by atoms with Gasteiger partial charge in [-0.3, -0.25) is 15.1 Å². The minimum absolute atomic E-state index is 0.0105. The van der Waals surface area contributed by atoms with Crippen molar-refractivity contribution >= 4 is 44.5 Å². The van der Waals surface area contributed by atoms with E-state index in [9.17, 15) is 9.90 Å². The maximum atomic E-state index is 13.1. The Morgan fingerprint density at radius 1 is 1.30 bits per heavy atom. The van der Waals surface area contributed by atoms with Gasteiger partial charge in [0.2, 0.25) is 0 Å². The molecular formula is C21H21BrN4O3S. The zero-order valence-electron chi connectivity index (χ0n) is 16.6. The van der Waals surface area contributed by atoms with Gasteiger partial charge in [-0.1, -0.05) is 47.1 Å². The van der Waals surface area contributed by atoms with Crippen molar-refractivity contribution in [3.8, 4) is 11.5 Å². The number of phenolic OH excluding ortho intramolecular Hbond substituents is 1. The van der Waals surface area contributed by atoms with E-state index in [1.165, 1.54) is 18.9 Å². The van der Waals surface area contributed by atoms with Crippen molar-refractivity contribution < 1.29 is 14.6 Å². The molecule has 0 bridgehead atoms. The van der Waals surface area contributed by atoms with E-state index in [-0.39, 0.29) is 11.7 Å². The van der Waals surface area contributed by atoms with Crippen molar-refractivity contribution in [1.29, 1.82) is 0 Å². The van der Waals surface area contributed by atoms with Crippen molar-refractivity contribution in [3.05, 3.63) is 57.0 Å². The number of amides is 1. The Morgan fingerprint density at radius 3 is 2.87 bits per heavy atom. The van der Waals surface area contributed by atoms with E-state index in [0.717, 1.165) is 23.1 Å². The lowest BCUT2D eigenvalue weighted by Crippen LogP contribution is -2.50. The fourth-order valence-corrected chi connectivity index (χ4v) is 4.61. The van der Waals surface area contributed by atoms with Crippen LogP contribution in [0, 0.1) is 0 Å². The van der Waals surface area contributed by atoms with E-state index in [2.05, 4.69) is 28.2 Å². The third-order valence-corrected chi connectivity index (χ3v) is 6.25. The number of hydrogen-bond acceptors (Lipinski definition) is 7. The molecule has 2 N–H and O–H groups in total. The second kappa shape index (κ2) is 8.69. The first-order valence-electron chi connectivity index (χ1n) is 9.58. The van der Waals surface area contributed by atoms with Gasteiger partial charge in [-0.2, -0.15) is 0 Å². The molecule has 2 aliphatic rings. The SMILES string of the molecule is CCCCSC1=NN2C(=c3cc(Br)ccc3=NC2c2ccc(OC)c(O)c2)C(=O)N1. The molecule has 1 unspecified atom stereocenters. The Labute approximate surface area is 186 Å². The number of phenols is 1. The van der Waals surface area contributed by atoms with Gasteiger partial charge in [0, 0.05) is 21.0 Å².